The van der Waals surface area contributed by atoms with E-state index in [-0.39, 0.29) is 5.78 Å². The number of ether oxygens (including phenoxy) is 2. The summed E-state index contributed by atoms with van der Waals surface area (Å²) in [5.41, 5.74) is 0.917. The molecule has 0 saturated heterocycles. The van der Waals surface area contributed by atoms with Crippen LogP contribution in [0, 0.1) is 5.92 Å². The zero-order valence-electron chi connectivity index (χ0n) is 12.6. The highest BCUT2D eigenvalue weighted by Gasteiger charge is 2.11. The first kappa shape index (κ1) is 16.6. The third kappa shape index (κ3) is 5.29. The van der Waals surface area contributed by atoms with Gasteiger partial charge in [-0.05, 0) is 30.0 Å². The Labute approximate surface area is 126 Å². The number of methoxy groups -OCH3 is 2. The lowest BCUT2D eigenvalue weighted by molar-refractivity contribution is -0.117. The summed E-state index contributed by atoms with van der Waals surface area (Å²) in [4.78, 5) is 12.8. The second kappa shape index (κ2) is 8.00. The molecule has 0 aliphatic carbocycles. The van der Waals surface area contributed by atoms with Gasteiger partial charge in [0.2, 0.25) is 0 Å². The maximum absolute atomic E-state index is 12.0. The Kier molecular flexibility index (Phi) is 6.65. The second-order valence-corrected chi connectivity index (χ2v) is 5.80. The van der Waals surface area contributed by atoms with Crippen molar-refractivity contribution in [3.8, 4) is 11.5 Å². The van der Waals surface area contributed by atoms with Gasteiger partial charge in [-0.1, -0.05) is 32.1 Å². The molecule has 20 heavy (non-hydrogen) atoms. The molecule has 0 amide bonds. The Bertz CT molecular complexity index is 481. The number of rotatable bonds is 8. The molecule has 0 N–H and O–H groups in total. The molecule has 4 heteroatoms. The molecule has 1 aromatic carbocycles. The van der Waals surface area contributed by atoms with Gasteiger partial charge >= 0.3 is 0 Å². The molecule has 0 unspecified atom stereocenters. The molecule has 0 saturated carbocycles. The van der Waals surface area contributed by atoms with Gasteiger partial charge in [0.25, 0.3) is 0 Å². The second-order valence-electron chi connectivity index (χ2n) is 5.22. The highest BCUT2D eigenvalue weighted by Crippen LogP contribution is 2.27. The van der Waals surface area contributed by atoms with E-state index < -0.39 is 0 Å². The summed E-state index contributed by atoms with van der Waals surface area (Å²) in [5.74, 6) is 1.95. The number of carbonyl (C=O) groups excluding carboxylic acids is 1. The van der Waals surface area contributed by atoms with Gasteiger partial charge in [0.05, 0.1) is 14.2 Å². The van der Waals surface area contributed by atoms with Crippen molar-refractivity contribution < 1.29 is 14.3 Å². The van der Waals surface area contributed by atoms with E-state index in [1.165, 1.54) is 0 Å². The van der Waals surface area contributed by atoms with Crippen molar-refractivity contribution in [2.45, 2.75) is 33.1 Å². The molecular formula is C16H22O3S. The van der Waals surface area contributed by atoms with Gasteiger partial charge < -0.3 is 9.47 Å². The maximum atomic E-state index is 12.0. The van der Waals surface area contributed by atoms with Crippen LogP contribution in [-0.2, 0) is 11.2 Å². The minimum atomic E-state index is 0.142. The first-order chi connectivity index (χ1) is 9.46. The molecule has 1 rings (SSSR count). The number of Topliss-reactive ketones (excluding diaryl/α,β-unsaturated/α-hetero) is 1. The Morgan fingerprint density at radius 2 is 1.85 bits per heavy atom. The number of hydrogen-bond donors (Lipinski definition) is 0. The first-order valence-electron chi connectivity index (χ1n) is 6.70. The normalized spacial score (nSPS) is 10.4. The predicted molar refractivity (Wildman–Crippen MR) is 84.9 cm³/mol. The van der Waals surface area contributed by atoms with Gasteiger partial charge in [-0.3, -0.25) is 4.79 Å². The third-order valence-corrected chi connectivity index (χ3v) is 3.19. The van der Waals surface area contributed by atoms with Crippen molar-refractivity contribution in [2.24, 2.45) is 5.92 Å². The summed E-state index contributed by atoms with van der Waals surface area (Å²) >= 11 is 5.25. The van der Waals surface area contributed by atoms with Crippen LogP contribution < -0.4 is 9.47 Å². The van der Waals surface area contributed by atoms with Crippen molar-refractivity contribution in [3.63, 3.8) is 0 Å². The summed E-state index contributed by atoms with van der Waals surface area (Å²) < 4.78 is 10.4. The molecule has 0 atom stereocenters. The van der Waals surface area contributed by atoms with E-state index in [1.54, 1.807) is 14.2 Å². The highest BCUT2D eigenvalue weighted by molar-refractivity contribution is 7.80. The van der Waals surface area contributed by atoms with Crippen LogP contribution in [0.1, 0.15) is 32.3 Å². The van der Waals surface area contributed by atoms with Crippen LogP contribution in [0.4, 0.5) is 0 Å². The van der Waals surface area contributed by atoms with Crippen molar-refractivity contribution >= 4 is 22.9 Å². The smallest absolute Gasteiger partial charge is 0.161 e. The Balaban J connectivity index is 2.64. The van der Waals surface area contributed by atoms with E-state index in [0.717, 1.165) is 16.8 Å². The van der Waals surface area contributed by atoms with Crippen LogP contribution in [0.3, 0.4) is 0 Å². The Hall–Kier alpha value is -1.42. The minimum Gasteiger partial charge on any atom is -0.493 e. The Morgan fingerprint density at radius 1 is 1.20 bits per heavy atom. The van der Waals surface area contributed by atoms with Gasteiger partial charge in [0.1, 0.15) is 5.78 Å². The summed E-state index contributed by atoms with van der Waals surface area (Å²) in [6, 6.07) is 5.53. The van der Waals surface area contributed by atoms with Crippen LogP contribution in [0.15, 0.2) is 18.2 Å². The van der Waals surface area contributed by atoms with Crippen molar-refractivity contribution in [1.29, 1.82) is 0 Å². The van der Waals surface area contributed by atoms with E-state index in [9.17, 15) is 4.79 Å². The molecule has 0 bridgehead atoms. The van der Waals surface area contributed by atoms with E-state index in [2.05, 4.69) is 13.8 Å². The van der Waals surface area contributed by atoms with E-state index >= 15 is 0 Å². The predicted octanol–water partition coefficient (Wildman–Crippen LogP) is 3.62. The van der Waals surface area contributed by atoms with E-state index in [1.807, 2.05) is 18.2 Å². The topological polar surface area (TPSA) is 35.5 Å². The molecule has 3 nitrogen and oxygen atoms in total. The molecular weight excluding hydrogens is 272 g/mol. The lowest BCUT2D eigenvalue weighted by atomic mass is 10.0. The van der Waals surface area contributed by atoms with Gasteiger partial charge in [-0.25, -0.2) is 0 Å². The zero-order valence-corrected chi connectivity index (χ0v) is 13.4. The van der Waals surface area contributed by atoms with Gasteiger partial charge in [0.15, 0.2) is 11.5 Å². The molecule has 0 spiro atoms. The summed E-state index contributed by atoms with van der Waals surface area (Å²) in [5, 5.41) is 0. The molecule has 0 aliphatic rings. The number of ketones is 1. The third-order valence-electron chi connectivity index (χ3n) is 2.88. The average Bonchev–Trinajstić information content (AvgIpc) is 2.37. The fraction of sp³-hybridized carbons (Fsp3) is 0.500. The minimum absolute atomic E-state index is 0.142. The lowest BCUT2D eigenvalue weighted by Gasteiger charge is -2.10. The van der Waals surface area contributed by atoms with Crippen LogP contribution in [0.2, 0.25) is 0 Å². The molecule has 1 aromatic rings. The molecule has 0 fully saturated rings. The fourth-order valence-corrected chi connectivity index (χ4v) is 2.52. The monoisotopic (exact) mass is 294 g/mol. The van der Waals surface area contributed by atoms with Crippen molar-refractivity contribution in [2.75, 3.05) is 14.2 Å². The first-order valence-corrected chi connectivity index (χ1v) is 7.11. The van der Waals surface area contributed by atoms with E-state index in [4.69, 9.17) is 21.7 Å². The van der Waals surface area contributed by atoms with Gasteiger partial charge in [0, 0.05) is 17.7 Å². The summed E-state index contributed by atoms with van der Waals surface area (Å²) in [6.45, 7) is 4.20. The van der Waals surface area contributed by atoms with Gasteiger partial charge in [-0.2, -0.15) is 0 Å². The number of carbonyl (C=O) groups is 1. The van der Waals surface area contributed by atoms with Crippen LogP contribution in [0.25, 0.3) is 0 Å². The molecule has 0 aromatic heterocycles. The summed E-state index contributed by atoms with van der Waals surface area (Å²) in [6.07, 6.45) is 1.58. The number of benzene rings is 1. The number of hydrogen-bond acceptors (Lipinski definition) is 4. The Morgan fingerprint density at radius 3 is 2.40 bits per heavy atom. The molecule has 0 aliphatic heterocycles. The van der Waals surface area contributed by atoms with Gasteiger partial charge in [-0.15, -0.1) is 0 Å². The maximum Gasteiger partial charge on any atom is 0.161 e. The standard InChI is InChI=1S/C16H22O3S/c1-11(2)7-14(20)10-13(17)8-12-5-6-15(18-3)16(9-12)19-4/h5-6,9,11H,7-8,10H2,1-4H3. The van der Waals surface area contributed by atoms with Crippen LogP contribution in [-0.4, -0.2) is 24.9 Å². The average molecular weight is 294 g/mol. The van der Waals surface area contributed by atoms with Crippen molar-refractivity contribution in [1.82, 2.24) is 0 Å². The quantitative estimate of drug-likeness (QED) is 0.686. The number of thiocarbonyl (C=S) groups is 1. The SMILES string of the molecule is COc1ccc(CC(=O)CC(=S)CC(C)C)cc1OC. The van der Waals surface area contributed by atoms with Crippen molar-refractivity contribution in [3.05, 3.63) is 23.8 Å². The molecule has 0 radical (unpaired) electrons. The highest BCUT2D eigenvalue weighted by atomic mass is 32.1. The van der Waals surface area contributed by atoms with Crippen LogP contribution >= 0.6 is 12.2 Å². The van der Waals surface area contributed by atoms with E-state index in [0.29, 0.717) is 30.3 Å². The largest absolute Gasteiger partial charge is 0.493 e. The lowest BCUT2D eigenvalue weighted by Crippen LogP contribution is -2.10. The fourth-order valence-electron chi connectivity index (χ4n) is 2.03. The molecule has 110 valence electrons. The zero-order chi connectivity index (χ0) is 15.1. The summed E-state index contributed by atoms with van der Waals surface area (Å²) in [7, 11) is 3.17. The van der Waals surface area contributed by atoms with Crippen LogP contribution in [0.5, 0.6) is 11.5 Å². The molecule has 0 heterocycles.